The van der Waals surface area contributed by atoms with Crippen LogP contribution in [0.25, 0.3) is 5.69 Å². The minimum atomic E-state index is -2.27. The smallest absolute Gasteiger partial charge is 0.344 e. The van der Waals surface area contributed by atoms with Gasteiger partial charge in [-0.05, 0) is 43.3 Å². The molecule has 4 aromatic rings. The largest absolute Gasteiger partial charge is 0.497 e. The zero-order valence-electron chi connectivity index (χ0n) is 18.1. The van der Waals surface area contributed by atoms with Gasteiger partial charge in [0.1, 0.15) is 5.75 Å². The highest BCUT2D eigenvalue weighted by Gasteiger charge is 2.30. The van der Waals surface area contributed by atoms with E-state index in [-0.39, 0.29) is 33.8 Å². The van der Waals surface area contributed by atoms with E-state index < -0.39 is 40.0 Å². The minimum Gasteiger partial charge on any atom is -0.497 e. The molecule has 1 heterocycles. The summed E-state index contributed by atoms with van der Waals surface area (Å²) in [6, 6.07) is 14.3. The molecule has 0 saturated carbocycles. The summed E-state index contributed by atoms with van der Waals surface area (Å²) in [4.78, 5) is 11.6. The van der Waals surface area contributed by atoms with Gasteiger partial charge in [-0.3, -0.25) is 0 Å². The minimum absolute atomic E-state index is 0.112. The van der Waals surface area contributed by atoms with E-state index in [2.05, 4.69) is 5.10 Å². The number of halogens is 5. The first-order valence-corrected chi connectivity index (χ1v) is 10.7. The maximum atomic E-state index is 14.4. The number of hydrogen-bond acceptors (Lipinski definition) is 5. The van der Waals surface area contributed by atoms with Crippen LogP contribution in [-0.2, 0) is 0 Å². The molecule has 0 amide bonds. The molecule has 11 heteroatoms. The summed E-state index contributed by atoms with van der Waals surface area (Å²) in [7, 11) is 1.46. The molecule has 180 valence electrons. The van der Waals surface area contributed by atoms with Crippen LogP contribution < -0.4 is 9.47 Å². The SMILES string of the molecule is COc1ccc(C(=O)Oc2c(Sc3c(F)c(F)c(F)c(F)c3F)c(C)nn2-c2ccccc2)cc1. The molecule has 35 heavy (non-hydrogen) atoms. The lowest BCUT2D eigenvalue weighted by molar-refractivity contribution is 0.0718. The normalized spacial score (nSPS) is 10.9. The Hall–Kier alpha value is -3.86. The van der Waals surface area contributed by atoms with Crippen LogP contribution in [0, 0.1) is 36.0 Å². The van der Waals surface area contributed by atoms with Gasteiger partial charge in [-0.15, -0.1) is 0 Å². The Morgan fingerprint density at radius 1 is 0.829 bits per heavy atom. The van der Waals surface area contributed by atoms with Crippen LogP contribution in [0.5, 0.6) is 11.6 Å². The highest BCUT2D eigenvalue weighted by Crippen LogP contribution is 2.42. The number of ether oxygens (including phenoxy) is 2. The molecule has 0 aliphatic carbocycles. The molecule has 3 aromatic carbocycles. The second-order valence-electron chi connectivity index (χ2n) is 7.09. The molecule has 0 bridgehead atoms. The number of methoxy groups -OCH3 is 1. The number of hydrogen-bond donors (Lipinski definition) is 0. The summed E-state index contributed by atoms with van der Waals surface area (Å²) >= 11 is 0.213. The number of benzene rings is 3. The van der Waals surface area contributed by atoms with Gasteiger partial charge >= 0.3 is 5.97 Å². The van der Waals surface area contributed by atoms with E-state index in [1.165, 1.54) is 43.0 Å². The fraction of sp³-hybridized carbons (Fsp3) is 0.0833. The number of nitrogens with zero attached hydrogens (tertiary/aromatic N) is 2. The molecule has 0 spiro atoms. The Balaban J connectivity index is 1.82. The van der Waals surface area contributed by atoms with Crippen molar-refractivity contribution >= 4 is 17.7 Å². The highest BCUT2D eigenvalue weighted by molar-refractivity contribution is 7.99. The van der Waals surface area contributed by atoms with Crippen molar-refractivity contribution in [2.24, 2.45) is 0 Å². The van der Waals surface area contributed by atoms with Crippen molar-refractivity contribution in [3.8, 4) is 17.3 Å². The number of carbonyl (C=O) groups excluding carboxylic acids is 1. The molecule has 0 N–H and O–H groups in total. The van der Waals surface area contributed by atoms with Gasteiger partial charge < -0.3 is 9.47 Å². The number of esters is 1. The molecule has 0 saturated heterocycles. The topological polar surface area (TPSA) is 53.4 Å². The second kappa shape index (κ2) is 9.79. The summed E-state index contributed by atoms with van der Waals surface area (Å²) in [5, 5.41) is 4.26. The van der Waals surface area contributed by atoms with E-state index in [9.17, 15) is 26.7 Å². The molecule has 4 rings (SSSR count). The van der Waals surface area contributed by atoms with Crippen molar-refractivity contribution in [3.63, 3.8) is 0 Å². The summed E-state index contributed by atoms with van der Waals surface area (Å²) in [6.07, 6.45) is 0. The molecule has 5 nitrogen and oxygen atoms in total. The zero-order valence-corrected chi connectivity index (χ0v) is 18.9. The molecule has 0 fully saturated rings. The van der Waals surface area contributed by atoms with E-state index >= 15 is 0 Å². The van der Waals surface area contributed by atoms with E-state index in [1.54, 1.807) is 30.3 Å². The van der Waals surface area contributed by atoms with E-state index in [4.69, 9.17) is 9.47 Å². The first-order valence-electron chi connectivity index (χ1n) is 9.93. The average Bonchev–Trinajstić information content (AvgIpc) is 3.19. The lowest BCUT2D eigenvalue weighted by Crippen LogP contribution is -2.12. The van der Waals surface area contributed by atoms with Gasteiger partial charge in [-0.25, -0.2) is 26.7 Å². The van der Waals surface area contributed by atoms with Gasteiger partial charge in [0, 0.05) is 0 Å². The van der Waals surface area contributed by atoms with Crippen LogP contribution in [0.1, 0.15) is 16.1 Å². The van der Waals surface area contributed by atoms with Gasteiger partial charge in [-0.1, -0.05) is 30.0 Å². The van der Waals surface area contributed by atoms with Crippen molar-refractivity contribution in [1.82, 2.24) is 9.78 Å². The molecule has 0 aliphatic heterocycles. The van der Waals surface area contributed by atoms with Crippen molar-refractivity contribution < 1.29 is 36.2 Å². The monoisotopic (exact) mass is 506 g/mol. The maximum absolute atomic E-state index is 14.4. The van der Waals surface area contributed by atoms with Gasteiger partial charge in [-0.2, -0.15) is 9.78 Å². The van der Waals surface area contributed by atoms with Crippen LogP contribution >= 0.6 is 11.8 Å². The molecular formula is C24H15F5N2O3S. The van der Waals surface area contributed by atoms with Crippen molar-refractivity contribution in [1.29, 1.82) is 0 Å². The Kier molecular flexibility index (Phi) is 6.79. The van der Waals surface area contributed by atoms with Crippen LogP contribution in [-0.4, -0.2) is 22.9 Å². The van der Waals surface area contributed by atoms with Gasteiger partial charge in [0.25, 0.3) is 0 Å². The molecule has 0 aliphatic rings. The Morgan fingerprint density at radius 3 is 1.97 bits per heavy atom. The van der Waals surface area contributed by atoms with Crippen molar-refractivity contribution in [2.75, 3.05) is 7.11 Å². The number of carbonyl (C=O) groups is 1. The first kappa shape index (κ1) is 24.3. The number of rotatable bonds is 6. The molecule has 0 radical (unpaired) electrons. The van der Waals surface area contributed by atoms with Crippen LogP contribution in [0.2, 0.25) is 0 Å². The molecule has 0 unspecified atom stereocenters. The Morgan fingerprint density at radius 2 is 1.40 bits per heavy atom. The predicted molar refractivity (Wildman–Crippen MR) is 117 cm³/mol. The molecular weight excluding hydrogens is 491 g/mol. The molecule has 0 atom stereocenters. The standard InChI is InChI=1S/C24H15F5N2O3S/c1-12-21(35-22-19(28)17(26)16(25)18(27)20(22)29)23(31(30-12)14-6-4-3-5-7-14)34-24(32)13-8-10-15(33-2)11-9-13/h3-11H,1-2H3. The third-order valence-corrected chi connectivity index (χ3v) is 6.09. The van der Waals surface area contributed by atoms with Crippen LogP contribution in [0.15, 0.2) is 64.4 Å². The Bertz CT molecular complexity index is 1380. The van der Waals surface area contributed by atoms with Gasteiger partial charge in [0.05, 0.1) is 33.8 Å². The fourth-order valence-electron chi connectivity index (χ4n) is 3.09. The third-order valence-electron chi connectivity index (χ3n) is 4.85. The number of aromatic nitrogens is 2. The lowest BCUT2D eigenvalue weighted by atomic mass is 10.2. The van der Waals surface area contributed by atoms with E-state index in [1.807, 2.05) is 0 Å². The quantitative estimate of drug-likeness (QED) is 0.134. The van der Waals surface area contributed by atoms with Crippen molar-refractivity contribution in [3.05, 3.63) is 94.9 Å². The first-order chi connectivity index (χ1) is 16.7. The predicted octanol–water partition coefficient (Wildman–Crippen LogP) is 6.26. The van der Waals surface area contributed by atoms with Gasteiger partial charge in [0.15, 0.2) is 23.3 Å². The summed E-state index contributed by atoms with van der Waals surface area (Å²) in [5.41, 5.74) is 0.675. The Labute approximate surface area is 200 Å². The third kappa shape index (κ3) is 4.59. The second-order valence-corrected chi connectivity index (χ2v) is 8.11. The number of para-hydroxylation sites is 1. The maximum Gasteiger partial charge on any atom is 0.344 e. The van der Waals surface area contributed by atoms with Crippen LogP contribution in [0.4, 0.5) is 22.0 Å². The van der Waals surface area contributed by atoms with Gasteiger partial charge in [0.2, 0.25) is 11.7 Å². The summed E-state index contributed by atoms with van der Waals surface area (Å²) < 4.78 is 81.6. The fourth-order valence-corrected chi connectivity index (χ4v) is 4.06. The summed E-state index contributed by atoms with van der Waals surface area (Å²) in [5.74, 6) is -11.1. The van der Waals surface area contributed by atoms with E-state index in [0.29, 0.717) is 11.4 Å². The van der Waals surface area contributed by atoms with Crippen molar-refractivity contribution in [2.45, 2.75) is 16.7 Å². The van der Waals surface area contributed by atoms with Crippen LogP contribution in [0.3, 0.4) is 0 Å². The lowest BCUT2D eigenvalue weighted by Gasteiger charge is -2.12. The highest BCUT2D eigenvalue weighted by atomic mass is 32.2. The average molecular weight is 506 g/mol. The molecule has 1 aromatic heterocycles. The zero-order chi connectivity index (χ0) is 25.3. The number of aryl methyl sites for hydroxylation is 1. The summed E-state index contributed by atoms with van der Waals surface area (Å²) in [6.45, 7) is 1.44. The van der Waals surface area contributed by atoms with E-state index in [0.717, 1.165) is 0 Å².